The van der Waals surface area contributed by atoms with Crippen molar-refractivity contribution in [1.29, 1.82) is 0 Å². The van der Waals surface area contributed by atoms with Crippen LogP contribution in [0.15, 0.2) is 71.3 Å². The van der Waals surface area contributed by atoms with Crippen LogP contribution in [-0.4, -0.2) is 10.7 Å². The first kappa shape index (κ1) is 15.4. The average Bonchev–Trinajstić information content (AvgIpc) is 3.13. The largest absolute Gasteiger partial charge is 0.465 e. The normalized spacial score (nSPS) is 10.8. The van der Waals surface area contributed by atoms with Gasteiger partial charge in [0.15, 0.2) is 5.78 Å². The van der Waals surface area contributed by atoms with Crippen molar-refractivity contribution in [2.24, 2.45) is 0 Å². The van der Waals surface area contributed by atoms with Crippen LogP contribution in [0.25, 0.3) is 12.2 Å². The van der Waals surface area contributed by atoms with Crippen molar-refractivity contribution in [3.05, 3.63) is 99.5 Å². The maximum atomic E-state index is 12.6. The topological polar surface area (TPSA) is 73.3 Å². The van der Waals surface area contributed by atoms with Gasteiger partial charge >= 0.3 is 0 Å². The molecule has 0 aliphatic rings. The molecule has 3 rings (SSSR count). The fraction of sp³-hybridized carbons (Fsp3) is 0. The van der Waals surface area contributed by atoms with Gasteiger partial charge in [-0.2, -0.15) is 0 Å². The second kappa shape index (κ2) is 6.75. The van der Waals surface area contributed by atoms with Crippen molar-refractivity contribution in [1.82, 2.24) is 0 Å². The van der Waals surface area contributed by atoms with Gasteiger partial charge in [-0.05, 0) is 35.9 Å². The number of hydrogen-bond donors (Lipinski definition) is 0. The number of nitro groups is 1. The van der Waals surface area contributed by atoms with E-state index >= 15 is 0 Å². The Labute approximate surface area is 138 Å². The van der Waals surface area contributed by atoms with Gasteiger partial charge in [0.1, 0.15) is 11.3 Å². The molecule has 0 atom stereocenters. The third-order valence-electron chi connectivity index (χ3n) is 3.48. The smallest absolute Gasteiger partial charge is 0.280 e. The Balaban J connectivity index is 2.00. The Bertz CT molecular complexity index is 896. The number of carbonyl (C=O) groups excluding carboxylic acids is 1. The molecule has 0 saturated heterocycles. The number of nitrogens with zero attached hydrogens (tertiary/aromatic N) is 1. The van der Waals surface area contributed by atoms with E-state index in [0.29, 0.717) is 16.9 Å². The van der Waals surface area contributed by atoms with Gasteiger partial charge in [-0.15, -0.1) is 0 Å². The lowest BCUT2D eigenvalue weighted by Crippen LogP contribution is -2.05. The summed E-state index contributed by atoms with van der Waals surface area (Å²) in [5, 5.41) is 11.2. The molecule has 0 radical (unpaired) electrons. The molecule has 0 amide bonds. The molecule has 5 heteroatoms. The van der Waals surface area contributed by atoms with Gasteiger partial charge in [0.05, 0.1) is 11.2 Å². The highest BCUT2D eigenvalue weighted by atomic mass is 16.6. The molecule has 0 aliphatic heterocycles. The second-order valence-electron chi connectivity index (χ2n) is 5.08. The second-order valence-corrected chi connectivity index (χ2v) is 5.08. The van der Waals surface area contributed by atoms with Gasteiger partial charge in [-0.25, -0.2) is 0 Å². The van der Waals surface area contributed by atoms with Crippen LogP contribution in [0, 0.1) is 10.1 Å². The Kier molecular flexibility index (Phi) is 4.34. The Morgan fingerprint density at radius 1 is 1.00 bits per heavy atom. The lowest BCUT2D eigenvalue weighted by Gasteiger charge is -2.04. The first-order valence-electron chi connectivity index (χ1n) is 7.25. The molecule has 1 aromatic heterocycles. The number of ketones is 1. The summed E-state index contributed by atoms with van der Waals surface area (Å²) >= 11 is 0. The van der Waals surface area contributed by atoms with E-state index in [0.717, 1.165) is 0 Å². The van der Waals surface area contributed by atoms with E-state index in [4.69, 9.17) is 4.42 Å². The predicted octanol–water partition coefficient (Wildman–Crippen LogP) is 4.59. The molecule has 0 spiro atoms. The van der Waals surface area contributed by atoms with Crippen LogP contribution in [0.1, 0.15) is 27.2 Å². The van der Waals surface area contributed by atoms with Crippen LogP contribution in [0.3, 0.4) is 0 Å². The van der Waals surface area contributed by atoms with E-state index in [1.54, 1.807) is 66.9 Å². The van der Waals surface area contributed by atoms with Crippen LogP contribution in [0.5, 0.6) is 0 Å². The summed E-state index contributed by atoms with van der Waals surface area (Å²) in [4.78, 5) is 23.3. The number of benzene rings is 2. The molecule has 2 aromatic carbocycles. The molecule has 0 saturated carbocycles. The predicted molar refractivity (Wildman–Crippen MR) is 90.6 cm³/mol. The quantitative estimate of drug-likeness (QED) is 0.392. The van der Waals surface area contributed by atoms with Crippen LogP contribution < -0.4 is 0 Å². The number of carbonyl (C=O) groups is 1. The van der Waals surface area contributed by atoms with E-state index < -0.39 is 4.92 Å². The van der Waals surface area contributed by atoms with E-state index in [-0.39, 0.29) is 17.0 Å². The molecule has 0 unspecified atom stereocenters. The van der Waals surface area contributed by atoms with Crippen LogP contribution in [-0.2, 0) is 0 Å². The molecule has 5 nitrogen and oxygen atoms in total. The lowest BCUT2D eigenvalue weighted by atomic mass is 9.99. The van der Waals surface area contributed by atoms with Crippen LogP contribution in [0.2, 0.25) is 0 Å². The summed E-state index contributed by atoms with van der Waals surface area (Å²) < 4.78 is 5.20. The summed E-state index contributed by atoms with van der Waals surface area (Å²) in [5.74, 6) is 0.278. The molecular weight excluding hydrogens is 306 g/mol. The maximum absolute atomic E-state index is 12.6. The van der Waals surface area contributed by atoms with Gasteiger partial charge in [0.25, 0.3) is 5.69 Å². The van der Waals surface area contributed by atoms with Crippen LogP contribution in [0.4, 0.5) is 5.69 Å². The maximum Gasteiger partial charge on any atom is 0.280 e. The zero-order chi connectivity index (χ0) is 16.9. The summed E-state index contributed by atoms with van der Waals surface area (Å²) in [6.45, 7) is 0. The van der Waals surface area contributed by atoms with Crippen LogP contribution >= 0.6 is 0 Å². The van der Waals surface area contributed by atoms with Crippen molar-refractivity contribution in [3.63, 3.8) is 0 Å². The zero-order valence-corrected chi connectivity index (χ0v) is 12.6. The minimum absolute atomic E-state index is 0.0628. The number of rotatable bonds is 5. The molecule has 24 heavy (non-hydrogen) atoms. The van der Waals surface area contributed by atoms with Crippen molar-refractivity contribution >= 4 is 23.6 Å². The lowest BCUT2D eigenvalue weighted by molar-refractivity contribution is -0.385. The van der Waals surface area contributed by atoms with E-state index in [2.05, 4.69) is 0 Å². The minimum atomic E-state index is -0.545. The first-order chi connectivity index (χ1) is 11.6. The fourth-order valence-electron chi connectivity index (χ4n) is 2.31. The summed E-state index contributed by atoms with van der Waals surface area (Å²) in [6, 6.07) is 16.5. The van der Waals surface area contributed by atoms with Crippen molar-refractivity contribution in [3.8, 4) is 0 Å². The Morgan fingerprint density at radius 2 is 1.79 bits per heavy atom. The summed E-state index contributed by atoms with van der Waals surface area (Å²) in [5.41, 5.74) is 0.941. The number of furan rings is 1. The van der Waals surface area contributed by atoms with E-state index in [1.165, 1.54) is 12.1 Å². The fourth-order valence-corrected chi connectivity index (χ4v) is 2.31. The molecular formula is C19H13NO4. The van der Waals surface area contributed by atoms with E-state index in [9.17, 15) is 14.9 Å². The van der Waals surface area contributed by atoms with Crippen molar-refractivity contribution in [2.75, 3.05) is 0 Å². The zero-order valence-electron chi connectivity index (χ0n) is 12.6. The van der Waals surface area contributed by atoms with Crippen molar-refractivity contribution < 1.29 is 14.1 Å². The van der Waals surface area contributed by atoms with Gasteiger partial charge in [-0.3, -0.25) is 14.9 Å². The van der Waals surface area contributed by atoms with E-state index in [1.807, 2.05) is 0 Å². The van der Waals surface area contributed by atoms with Gasteiger partial charge < -0.3 is 4.42 Å². The van der Waals surface area contributed by atoms with Gasteiger partial charge in [0, 0.05) is 11.6 Å². The van der Waals surface area contributed by atoms with Gasteiger partial charge in [-0.1, -0.05) is 36.4 Å². The highest BCUT2D eigenvalue weighted by molar-refractivity contribution is 6.11. The summed E-state index contributed by atoms with van der Waals surface area (Å²) in [7, 11) is 0. The molecule has 0 aliphatic carbocycles. The highest BCUT2D eigenvalue weighted by Gasteiger charge is 2.21. The molecule has 118 valence electrons. The molecule has 0 N–H and O–H groups in total. The number of hydrogen-bond acceptors (Lipinski definition) is 4. The van der Waals surface area contributed by atoms with Crippen molar-refractivity contribution in [2.45, 2.75) is 0 Å². The monoisotopic (exact) mass is 319 g/mol. The molecule has 3 aromatic rings. The molecule has 0 bridgehead atoms. The first-order valence-corrected chi connectivity index (χ1v) is 7.25. The molecule has 1 heterocycles. The summed E-state index contributed by atoms with van der Waals surface area (Å²) in [6.07, 6.45) is 5.03. The number of nitro benzene ring substituents is 1. The SMILES string of the molecule is O=C(c1ccccc1)c1cc(C=Cc2ccco2)ccc1[N+](=O)[O-]. The third kappa shape index (κ3) is 3.30. The minimum Gasteiger partial charge on any atom is -0.465 e. The standard InChI is InChI=1S/C19H13NO4/c21-19(15-5-2-1-3-6-15)17-13-14(9-11-18(17)20(22)23)8-10-16-7-4-12-24-16/h1-13H. The molecule has 0 fully saturated rings. The highest BCUT2D eigenvalue weighted by Crippen LogP contribution is 2.24. The van der Waals surface area contributed by atoms with Gasteiger partial charge in [0.2, 0.25) is 0 Å². The third-order valence-corrected chi connectivity index (χ3v) is 3.48. The Morgan fingerprint density at radius 3 is 2.46 bits per heavy atom. The Hall–Kier alpha value is -3.47. The average molecular weight is 319 g/mol.